The average molecular weight is 232 g/mol. The average Bonchev–Trinajstić information content (AvgIpc) is 2.98. The summed E-state index contributed by atoms with van der Waals surface area (Å²) in [6.07, 6.45) is 3.26. The monoisotopic (exact) mass is 232 g/mol. The van der Waals surface area contributed by atoms with Crippen molar-refractivity contribution in [1.82, 2.24) is 10.3 Å². The summed E-state index contributed by atoms with van der Waals surface area (Å²) in [5.41, 5.74) is 2.32. The van der Waals surface area contributed by atoms with E-state index in [0.29, 0.717) is 5.92 Å². The topological polar surface area (TPSA) is 27.8 Å². The van der Waals surface area contributed by atoms with Crippen molar-refractivity contribution in [3.63, 3.8) is 0 Å². The predicted molar refractivity (Wildman–Crippen MR) is 67.6 cm³/mol. The maximum atomic E-state index is 13.3. The zero-order valence-electron chi connectivity index (χ0n) is 9.96. The molecule has 1 aromatic carbocycles. The Balaban J connectivity index is 1.84. The Hall–Kier alpha value is -1.35. The van der Waals surface area contributed by atoms with Gasteiger partial charge < -0.3 is 10.3 Å². The third-order valence-corrected chi connectivity index (χ3v) is 3.65. The molecular weight excluding hydrogens is 215 g/mol. The van der Waals surface area contributed by atoms with Crippen molar-refractivity contribution >= 4 is 10.9 Å². The molecule has 3 rings (SSSR count). The molecule has 17 heavy (non-hydrogen) atoms. The Labute approximate surface area is 100 Å². The van der Waals surface area contributed by atoms with Gasteiger partial charge in [-0.3, -0.25) is 0 Å². The molecule has 0 spiro atoms. The zero-order chi connectivity index (χ0) is 11.8. The van der Waals surface area contributed by atoms with E-state index in [4.69, 9.17) is 0 Å². The quantitative estimate of drug-likeness (QED) is 0.833. The highest BCUT2D eigenvalue weighted by Gasteiger charge is 2.38. The van der Waals surface area contributed by atoms with E-state index in [-0.39, 0.29) is 5.82 Å². The molecule has 0 bridgehead atoms. The lowest BCUT2D eigenvalue weighted by Crippen LogP contribution is -2.16. The molecular formula is C14H17FN2. The van der Waals surface area contributed by atoms with Crippen LogP contribution in [-0.2, 0) is 0 Å². The largest absolute Gasteiger partial charge is 0.361 e. The third kappa shape index (κ3) is 1.95. The molecule has 1 saturated carbocycles. The van der Waals surface area contributed by atoms with Gasteiger partial charge in [0.15, 0.2) is 0 Å². The number of hydrogen-bond acceptors (Lipinski definition) is 1. The van der Waals surface area contributed by atoms with Crippen LogP contribution in [0.15, 0.2) is 24.4 Å². The van der Waals surface area contributed by atoms with Crippen molar-refractivity contribution in [3.05, 3.63) is 35.8 Å². The molecule has 2 atom stereocenters. The van der Waals surface area contributed by atoms with Gasteiger partial charge in [-0.15, -0.1) is 0 Å². The molecule has 90 valence electrons. The third-order valence-electron chi connectivity index (χ3n) is 3.65. The first-order chi connectivity index (χ1) is 8.29. The van der Waals surface area contributed by atoms with Gasteiger partial charge in [0.1, 0.15) is 5.82 Å². The molecule has 1 aliphatic rings. The second-order valence-electron chi connectivity index (χ2n) is 4.84. The molecule has 1 heterocycles. The van der Waals surface area contributed by atoms with E-state index in [9.17, 15) is 4.39 Å². The van der Waals surface area contributed by atoms with Crippen molar-refractivity contribution < 1.29 is 4.39 Å². The van der Waals surface area contributed by atoms with Crippen LogP contribution in [0.5, 0.6) is 0 Å². The summed E-state index contributed by atoms with van der Waals surface area (Å²) in [6.45, 7) is 4.22. The van der Waals surface area contributed by atoms with Gasteiger partial charge in [0.2, 0.25) is 0 Å². The molecule has 1 fully saturated rings. The maximum Gasteiger partial charge on any atom is 0.123 e. The van der Waals surface area contributed by atoms with Gasteiger partial charge in [-0.05, 0) is 55.1 Å². The van der Waals surface area contributed by atoms with E-state index >= 15 is 0 Å². The highest BCUT2D eigenvalue weighted by molar-refractivity contribution is 5.84. The van der Waals surface area contributed by atoms with Crippen molar-refractivity contribution in [3.8, 4) is 0 Å². The summed E-state index contributed by atoms with van der Waals surface area (Å²) in [7, 11) is 0. The number of H-pyrrole nitrogens is 1. The van der Waals surface area contributed by atoms with Gasteiger partial charge in [0, 0.05) is 17.1 Å². The Kier molecular flexibility index (Phi) is 2.63. The Morgan fingerprint density at radius 1 is 1.47 bits per heavy atom. The fourth-order valence-corrected chi connectivity index (χ4v) is 2.61. The second-order valence-corrected chi connectivity index (χ2v) is 4.84. The maximum absolute atomic E-state index is 13.3. The molecule has 0 unspecified atom stereocenters. The molecule has 0 radical (unpaired) electrons. The molecule has 1 aromatic heterocycles. The molecule has 1 aliphatic carbocycles. The fraction of sp³-hybridized carbons (Fsp3) is 0.429. The van der Waals surface area contributed by atoms with Crippen LogP contribution in [0.4, 0.5) is 4.39 Å². The summed E-state index contributed by atoms with van der Waals surface area (Å²) >= 11 is 0. The van der Waals surface area contributed by atoms with Gasteiger partial charge in [0.05, 0.1) is 0 Å². The van der Waals surface area contributed by atoms with Gasteiger partial charge in [0.25, 0.3) is 0 Å². The van der Waals surface area contributed by atoms with Gasteiger partial charge in [-0.1, -0.05) is 6.92 Å². The number of rotatable bonds is 4. The lowest BCUT2D eigenvalue weighted by Gasteiger charge is -2.00. The second kappa shape index (κ2) is 4.15. The lowest BCUT2D eigenvalue weighted by atomic mass is 10.1. The zero-order valence-corrected chi connectivity index (χ0v) is 9.96. The molecule has 3 heteroatoms. The minimum atomic E-state index is -0.151. The van der Waals surface area contributed by atoms with Crippen LogP contribution in [0.1, 0.15) is 24.8 Å². The van der Waals surface area contributed by atoms with Crippen molar-refractivity contribution in [2.45, 2.75) is 19.3 Å². The van der Waals surface area contributed by atoms with Crippen LogP contribution in [0.3, 0.4) is 0 Å². The SMILES string of the molecule is CCNC[C@@H]1C[C@@H]1c1c[nH]c2ccc(F)cc12. The van der Waals surface area contributed by atoms with Crippen molar-refractivity contribution in [1.29, 1.82) is 0 Å². The van der Waals surface area contributed by atoms with E-state index in [1.807, 2.05) is 12.3 Å². The van der Waals surface area contributed by atoms with E-state index in [0.717, 1.165) is 29.9 Å². The van der Waals surface area contributed by atoms with Crippen molar-refractivity contribution in [2.24, 2.45) is 5.92 Å². The van der Waals surface area contributed by atoms with E-state index in [1.165, 1.54) is 18.1 Å². The number of benzene rings is 1. The summed E-state index contributed by atoms with van der Waals surface area (Å²) < 4.78 is 13.3. The van der Waals surface area contributed by atoms with Crippen LogP contribution in [0.2, 0.25) is 0 Å². The number of fused-ring (bicyclic) bond motifs is 1. The molecule has 0 aliphatic heterocycles. The number of halogens is 1. The summed E-state index contributed by atoms with van der Waals surface area (Å²) in [6, 6.07) is 4.96. The van der Waals surface area contributed by atoms with E-state index < -0.39 is 0 Å². The molecule has 2 nitrogen and oxygen atoms in total. The van der Waals surface area contributed by atoms with Crippen LogP contribution >= 0.6 is 0 Å². The van der Waals surface area contributed by atoms with Gasteiger partial charge in [-0.25, -0.2) is 4.39 Å². The number of aromatic nitrogens is 1. The smallest absolute Gasteiger partial charge is 0.123 e. The Morgan fingerprint density at radius 2 is 2.35 bits per heavy atom. The van der Waals surface area contributed by atoms with Crippen LogP contribution in [0, 0.1) is 11.7 Å². The lowest BCUT2D eigenvalue weighted by molar-refractivity contribution is 0.629. The minimum Gasteiger partial charge on any atom is -0.361 e. The van der Waals surface area contributed by atoms with Crippen LogP contribution < -0.4 is 5.32 Å². The van der Waals surface area contributed by atoms with Crippen molar-refractivity contribution in [2.75, 3.05) is 13.1 Å². The Morgan fingerprint density at radius 3 is 3.18 bits per heavy atom. The van der Waals surface area contributed by atoms with Crippen LogP contribution in [-0.4, -0.2) is 18.1 Å². The minimum absolute atomic E-state index is 0.151. The summed E-state index contributed by atoms with van der Waals surface area (Å²) in [5.74, 6) is 1.17. The molecule has 0 amide bonds. The first kappa shape index (κ1) is 10.8. The van der Waals surface area contributed by atoms with Crippen LogP contribution in [0.25, 0.3) is 10.9 Å². The van der Waals surface area contributed by atoms with E-state index in [2.05, 4.69) is 17.2 Å². The molecule has 0 saturated heterocycles. The van der Waals surface area contributed by atoms with Gasteiger partial charge >= 0.3 is 0 Å². The Bertz CT molecular complexity index is 532. The molecule has 2 aromatic rings. The number of hydrogen-bond donors (Lipinski definition) is 2. The number of aromatic amines is 1. The number of nitrogens with one attached hydrogen (secondary N) is 2. The highest BCUT2D eigenvalue weighted by atomic mass is 19.1. The molecule has 2 N–H and O–H groups in total. The summed E-state index contributed by atoms with van der Waals surface area (Å²) in [5, 5.41) is 4.43. The standard InChI is InChI=1S/C14H17FN2/c1-2-16-7-9-5-11(9)13-8-17-14-4-3-10(15)6-12(13)14/h3-4,6,8-9,11,16-17H,2,5,7H2,1H3/t9-,11-/m0/s1. The highest BCUT2D eigenvalue weighted by Crippen LogP contribution is 2.49. The van der Waals surface area contributed by atoms with Gasteiger partial charge in [-0.2, -0.15) is 0 Å². The normalized spacial score (nSPS) is 23.2. The predicted octanol–water partition coefficient (Wildman–Crippen LogP) is 3.02. The first-order valence-corrected chi connectivity index (χ1v) is 6.27. The first-order valence-electron chi connectivity index (χ1n) is 6.27. The fourth-order valence-electron chi connectivity index (χ4n) is 2.61. The summed E-state index contributed by atoms with van der Waals surface area (Å²) in [4.78, 5) is 3.23. The van der Waals surface area contributed by atoms with E-state index in [1.54, 1.807) is 6.07 Å².